The van der Waals surface area contributed by atoms with Crippen molar-refractivity contribution < 1.29 is 4.79 Å². The molecule has 0 radical (unpaired) electrons. The number of amides is 1. The Kier molecular flexibility index (Phi) is 5.47. The molecule has 0 saturated carbocycles. The Bertz CT molecular complexity index is 666. The second-order valence-corrected chi connectivity index (χ2v) is 6.45. The van der Waals surface area contributed by atoms with Crippen molar-refractivity contribution in [2.75, 3.05) is 25.0 Å². The van der Waals surface area contributed by atoms with Crippen molar-refractivity contribution in [3.8, 4) is 0 Å². The molecule has 1 aromatic heterocycles. The van der Waals surface area contributed by atoms with Crippen LogP contribution in [0, 0.1) is 0 Å². The summed E-state index contributed by atoms with van der Waals surface area (Å²) in [4.78, 5) is 21.0. The fourth-order valence-corrected chi connectivity index (χ4v) is 3.12. The zero-order valence-electron chi connectivity index (χ0n) is 14.3. The summed E-state index contributed by atoms with van der Waals surface area (Å²) < 4.78 is 0. The van der Waals surface area contributed by atoms with Crippen molar-refractivity contribution in [2.24, 2.45) is 0 Å². The van der Waals surface area contributed by atoms with Gasteiger partial charge in [-0.1, -0.05) is 30.3 Å². The molecule has 1 saturated heterocycles. The van der Waals surface area contributed by atoms with E-state index in [4.69, 9.17) is 0 Å². The Labute approximate surface area is 144 Å². The Balaban J connectivity index is 1.53. The minimum absolute atomic E-state index is 0.179. The molecule has 24 heavy (non-hydrogen) atoms. The maximum atomic E-state index is 12.4. The predicted octanol–water partition coefficient (Wildman–Crippen LogP) is 3.27. The highest BCUT2D eigenvalue weighted by atomic mass is 16.2. The summed E-state index contributed by atoms with van der Waals surface area (Å²) in [7, 11) is 1.87. The maximum absolute atomic E-state index is 12.4. The predicted molar refractivity (Wildman–Crippen MR) is 96.9 cm³/mol. The lowest BCUT2D eigenvalue weighted by molar-refractivity contribution is -0.130. The van der Waals surface area contributed by atoms with Crippen LogP contribution in [0.3, 0.4) is 0 Å². The van der Waals surface area contributed by atoms with Gasteiger partial charge in [-0.2, -0.15) is 0 Å². The van der Waals surface area contributed by atoms with Crippen LogP contribution in [-0.4, -0.2) is 35.9 Å². The van der Waals surface area contributed by atoms with Crippen LogP contribution in [-0.2, 0) is 17.8 Å². The van der Waals surface area contributed by atoms with E-state index in [1.807, 2.05) is 37.5 Å². The zero-order chi connectivity index (χ0) is 16.8. The highest BCUT2D eigenvalue weighted by Crippen LogP contribution is 2.19. The SMILES string of the molecule is CN(Cc1ccccc1)C(=O)CCc1ccnc(N2CCCC2)c1. The van der Waals surface area contributed by atoms with Gasteiger partial charge in [-0.3, -0.25) is 4.79 Å². The molecule has 0 unspecified atom stereocenters. The topological polar surface area (TPSA) is 36.4 Å². The molecular formula is C20H25N3O. The highest BCUT2D eigenvalue weighted by Gasteiger charge is 2.14. The second kappa shape index (κ2) is 7.95. The van der Waals surface area contributed by atoms with Crippen molar-refractivity contribution in [1.82, 2.24) is 9.88 Å². The number of nitrogens with zero attached hydrogens (tertiary/aromatic N) is 3. The van der Waals surface area contributed by atoms with E-state index in [1.165, 1.54) is 18.4 Å². The molecule has 0 aliphatic carbocycles. The lowest BCUT2D eigenvalue weighted by atomic mass is 10.1. The van der Waals surface area contributed by atoms with E-state index in [2.05, 4.69) is 28.1 Å². The van der Waals surface area contributed by atoms with Gasteiger partial charge >= 0.3 is 0 Å². The molecule has 2 heterocycles. The molecule has 0 bridgehead atoms. The van der Waals surface area contributed by atoms with Crippen molar-refractivity contribution in [1.29, 1.82) is 0 Å². The number of hydrogen-bond donors (Lipinski definition) is 0. The van der Waals surface area contributed by atoms with Gasteiger partial charge < -0.3 is 9.80 Å². The first-order chi connectivity index (χ1) is 11.7. The third kappa shape index (κ3) is 4.34. The average molecular weight is 323 g/mol. The lowest BCUT2D eigenvalue weighted by Gasteiger charge is -2.18. The highest BCUT2D eigenvalue weighted by molar-refractivity contribution is 5.76. The lowest BCUT2D eigenvalue weighted by Crippen LogP contribution is -2.26. The summed E-state index contributed by atoms with van der Waals surface area (Å²) >= 11 is 0. The van der Waals surface area contributed by atoms with Crippen LogP contribution >= 0.6 is 0 Å². The van der Waals surface area contributed by atoms with Crippen molar-refractivity contribution >= 4 is 11.7 Å². The van der Waals surface area contributed by atoms with Gasteiger partial charge in [0.2, 0.25) is 5.91 Å². The van der Waals surface area contributed by atoms with Crippen molar-refractivity contribution in [3.05, 3.63) is 59.8 Å². The molecule has 1 aromatic carbocycles. The Morgan fingerprint density at radius 3 is 2.62 bits per heavy atom. The number of benzene rings is 1. The largest absolute Gasteiger partial charge is 0.357 e. The molecule has 1 fully saturated rings. The van der Waals surface area contributed by atoms with E-state index in [9.17, 15) is 4.79 Å². The van der Waals surface area contributed by atoms with Crippen LogP contribution < -0.4 is 4.90 Å². The van der Waals surface area contributed by atoms with Gasteiger partial charge in [0.25, 0.3) is 0 Å². The monoisotopic (exact) mass is 323 g/mol. The minimum atomic E-state index is 0.179. The average Bonchev–Trinajstić information content (AvgIpc) is 3.15. The van der Waals surface area contributed by atoms with Crippen LogP contribution in [0.25, 0.3) is 0 Å². The smallest absolute Gasteiger partial charge is 0.222 e. The van der Waals surface area contributed by atoms with Crippen LogP contribution in [0.4, 0.5) is 5.82 Å². The maximum Gasteiger partial charge on any atom is 0.222 e. The Morgan fingerprint density at radius 1 is 1.12 bits per heavy atom. The number of aromatic nitrogens is 1. The molecule has 0 atom stereocenters. The van der Waals surface area contributed by atoms with Gasteiger partial charge in [0.15, 0.2) is 0 Å². The molecule has 4 heteroatoms. The molecule has 0 N–H and O–H groups in total. The van der Waals surface area contributed by atoms with E-state index in [-0.39, 0.29) is 5.91 Å². The summed E-state index contributed by atoms with van der Waals surface area (Å²) in [6.07, 6.45) is 5.65. The molecule has 1 aliphatic rings. The van der Waals surface area contributed by atoms with Gasteiger partial charge in [0, 0.05) is 39.3 Å². The van der Waals surface area contributed by atoms with Crippen LogP contribution in [0.15, 0.2) is 48.7 Å². The molecule has 2 aromatic rings. The number of aryl methyl sites for hydroxylation is 1. The van der Waals surface area contributed by atoms with E-state index in [0.717, 1.165) is 30.9 Å². The molecule has 126 valence electrons. The Morgan fingerprint density at radius 2 is 1.88 bits per heavy atom. The number of carbonyl (C=O) groups is 1. The summed E-state index contributed by atoms with van der Waals surface area (Å²) in [5.74, 6) is 1.23. The molecule has 4 nitrogen and oxygen atoms in total. The fraction of sp³-hybridized carbons (Fsp3) is 0.400. The van der Waals surface area contributed by atoms with Gasteiger partial charge in [0.05, 0.1) is 0 Å². The quantitative estimate of drug-likeness (QED) is 0.818. The van der Waals surface area contributed by atoms with Crippen molar-refractivity contribution in [2.45, 2.75) is 32.2 Å². The first kappa shape index (κ1) is 16.5. The Hall–Kier alpha value is -2.36. The standard InChI is InChI=1S/C20H25N3O/c1-22(16-18-7-3-2-4-8-18)20(24)10-9-17-11-12-21-19(15-17)23-13-5-6-14-23/h2-4,7-8,11-12,15H,5-6,9-10,13-14,16H2,1H3. The first-order valence-electron chi connectivity index (χ1n) is 8.70. The number of anilines is 1. The fourth-order valence-electron chi connectivity index (χ4n) is 3.12. The number of rotatable bonds is 6. The molecule has 1 amide bonds. The van der Waals surface area contributed by atoms with E-state index in [0.29, 0.717) is 13.0 Å². The van der Waals surface area contributed by atoms with Crippen LogP contribution in [0.2, 0.25) is 0 Å². The summed E-state index contributed by atoms with van der Waals surface area (Å²) in [5.41, 5.74) is 2.35. The summed E-state index contributed by atoms with van der Waals surface area (Å²) in [6, 6.07) is 14.3. The van der Waals surface area contributed by atoms with Crippen LogP contribution in [0.5, 0.6) is 0 Å². The van der Waals surface area contributed by atoms with Crippen molar-refractivity contribution in [3.63, 3.8) is 0 Å². The molecular weight excluding hydrogens is 298 g/mol. The van der Waals surface area contributed by atoms with E-state index >= 15 is 0 Å². The number of hydrogen-bond acceptors (Lipinski definition) is 3. The number of pyridine rings is 1. The van der Waals surface area contributed by atoms with Gasteiger partial charge in [-0.05, 0) is 42.5 Å². The molecule has 1 aliphatic heterocycles. The van der Waals surface area contributed by atoms with Gasteiger partial charge in [-0.25, -0.2) is 4.98 Å². The third-order valence-corrected chi connectivity index (χ3v) is 4.56. The van der Waals surface area contributed by atoms with Crippen LogP contribution in [0.1, 0.15) is 30.4 Å². The minimum Gasteiger partial charge on any atom is -0.357 e. The van der Waals surface area contributed by atoms with Gasteiger partial charge in [-0.15, -0.1) is 0 Å². The summed E-state index contributed by atoms with van der Waals surface area (Å²) in [5, 5.41) is 0. The van der Waals surface area contributed by atoms with E-state index in [1.54, 1.807) is 4.90 Å². The summed E-state index contributed by atoms with van der Waals surface area (Å²) in [6.45, 7) is 2.85. The first-order valence-corrected chi connectivity index (χ1v) is 8.70. The molecule has 0 spiro atoms. The normalized spacial score (nSPS) is 14.0. The van der Waals surface area contributed by atoms with E-state index < -0.39 is 0 Å². The third-order valence-electron chi connectivity index (χ3n) is 4.56. The second-order valence-electron chi connectivity index (χ2n) is 6.45. The van der Waals surface area contributed by atoms with Gasteiger partial charge in [0.1, 0.15) is 5.82 Å². The zero-order valence-corrected chi connectivity index (χ0v) is 14.3. The molecule has 3 rings (SSSR count). The number of carbonyl (C=O) groups excluding carboxylic acids is 1.